The summed E-state index contributed by atoms with van der Waals surface area (Å²) in [6.45, 7) is -0.0241. The highest BCUT2D eigenvalue weighted by atomic mass is 16.5. The van der Waals surface area contributed by atoms with Crippen molar-refractivity contribution in [3.63, 3.8) is 0 Å². The highest BCUT2D eigenvalue weighted by Gasteiger charge is 2.35. The van der Waals surface area contributed by atoms with Gasteiger partial charge in [0.05, 0.1) is 11.4 Å². The Kier molecular flexibility index (Phi) is 6.43. The molecule has 0 radical (unpaired) electrons. The number of para-hydroxylation sites is 2. The first-order valence-corrected chi connectivity index (χ1v) is 9.64. The molecule has 29 heavy (non-hydrogen) atoms. The van der Waals surface area contributed by atoms with E-state index in [4.69, 9.17) is 4.74 Å². The molecule has 1 heterocycles. The summed E-state index contributed by atoms with van der Waals surface area (Å²) in [6.07, 6.45) is 5.13. The monoisotopic (exact) mass is 398 g/mol. The molecule has 1 amide bonds. The second kappa shape index (κ2) is 9.00. The number of hydrogen-bond acceptors (Lipinski definition) is 7. The van der Waals surface area contributed by atoms with Gasteiger partial charge in [-0.2, -0.15) is 0 Å². The molecule has 2 aromatic rings. The minimum atomic E-state index is -1.01. The second-order valence-corrected chi connectivity index (χ2v) is 7.39. The number of anilines is 1. The number of hydrogen-bond donors (Lipinski definition) is 2. The van der Waals surface area contributed by atoms with Gasteiger partial charge in [0.25, 0.3) is 5.91 Å². The molecule has 8 heteroatoms. The molecule has 1 saturated carbocycles. The van der Waals surface area contributed by atoms with Crippen LogP contribution in [0.25, 0.3) is 0 Å². The summed E-state index contributed by atoms with van der Waals surface area (Å²) in [4.78, 5) is 34.1. The van der Waals surface area contributed by atoms with Crippen molar-refractivity contribution in [1.82, 2.24) is 15.3 Å². The van der Waals surface area contributed by atoms with E-state index in [-0.39, 0.29) is 12.4 Å². The third-order valence-corrected chi connectivity index (χ3v) is 5.01. The lowest BCUT2D eigenvalue weighted by Gasteiger charge is -2.21. The standard InChI is InChI=1S/C21H26N4O4/c1-25(2)16-7-3-4-8-17(16)29-14-15(13-26)23-20(27)19-22-12-9-18(24-19)21(28)10-5-6-11-21/h3-4,7-9,12-13,15,28H,5-6,10-11,14H2,1-2H3,(H,23,27)/t15-/m1/s1. The number of ether oxygens (including phenoxy) is 1. The van der Waals surface area contributed by atoms with Crippen molar-refractivity contribution in [3.8, 4) is 5.75 Å². The van der Waals surface area contributed by atoms with E-state index < -0.39 is 17.6 Å². The van der Waals surface area contributed by atoms with Crippen LogP contribution in [-0.4, -0.2) is 54.0 Å². The predicted octanol–water partition coefficient (Wildman–Crippen LogP) is 1.68. The van der Waals surface area contributed by atoms with Crippen molar-refractivity contribution in [2.75, 3.05) is 25.6 Å². The molecule has 8 nitrogen and oxygen atoms in total. The normalized spacial score (nSPS) is 16.1. The Bertz CT molecular complexity index is 865. The van der Waals surface area contributed by atoms with Crippen LogP contribution in [0.2, 0.25) is 0 Å². The van der Waals surface area contributed by atoms with Crippen LogP contribution >= 0.6 is 0 Å². The maximum Gasteiger partial charge on any atom is 0.289 e. The fraction of sp³-hybridized carbons (Fsp3) is 0.429. The number of aromatic nitrogens is 2. The molecule has 0 unspecified atom stereocenters. The summed E-state index contributed by atoms with van der Waals surface area (Å²) in [5.74, 6) is -0.0567. The highest BCUT2D eigenvalue weighted by Crippen LogP contribution is 2.37. The number of nitrogens with one attached hydrogen (secondary N) is 1. The van der Waals surface area contributed by atoms with E-state index in [0.29, 0.717) is 30.6 Å². The Balaban J connectivity index is 1.65. The summed E-state index contributed by atoms with van der Waals surface area (Å²) < 4.78 is 5.74. The number of nitrogens with zero attached hydrogens (tertiary/aromatic N) is 3. The van der Waals surface area contributed by atoms with E-state index in [1.807, 2.05) is 37.2 Å². The summed E-state index contributed by atoms with van der Waals surface area (Å²) in [7, 11) is 3.79. The average Bonchev–Trinajstić information content (AvgIpc) is 3.19. The first kappa shape index (κ1) is 20.7. The molecule has 2 N–H and O–H groups in total. The van der Waals surface area contributed by atoms with E-state index in [0.717, 1.165) is 18.5 Å². The smallest absolute Gasteiger partial charge is 0.289 e. The molecule has 1 aliphatic rings. The van der Waals surface area contributed by atoms with Crippen LogP contribution in [0.4, 0.5) is 5.69 Å². The fourth-order valence-corrected chi connectivity index (χ4v) is 3.42. The maximum atomic E-state index is 12.5. The minimum Gasteiger partial charge on any atom is -0.489 e. The Hall–Kier alpha value is -3.00. The van der Waals surface area contributed by atoms with Crippen molar-refractivity contribution < 1.29 is 19.4 Å². The molecule has 0 saturated heterocycles. The van der Waals surface area contributed by atoms with Gasteiger partial charge in [-0.05, 0) is 31.0 Å². The molecule has 3 rings (SSSR count). The first-order chi connectivity index (χ1) is 13.9. The minimum absolute atomic E-state index is 0.0241. The van der Waals surface area contributed by atoms with Gasteiger partial charge in [0.1, 0.15) is 30.3 Å². The van der Waals surface area contributed by atoms with Gasteiger partial charge in [-0.1, -0.05) is 25.0 Å². The zero-order valence-electron chi connectivity index (χ0n) is 16.7. The molecule has 1 fully saturated rings. The number of amides is 1. The number of aldehydes is 1. The zero-order chi connectivity index (χ0) is 20.9. The van der Waals surface area contributed by atoms with Gasteiger partial charge in [-0.3, -0.25) is 4.79 Å². The number of aliphatic hydroxyl groups is 1. The van der Waals surface area contributed by atoms with Crippen LogP contribution in [0, 0.1) is 0 Å². The number of carbonyl (C=O) groups is 2. The lowest BCUT2D eigenvalue weighted by molar-refractivity contribution is -0.110. The lowest BCUT2D eigenvalue weighted by Crippen LogP contribution is -2.41. The van der Waals surface area contributed by atoms with Gasteiger partial charge in [0.15, 0.2) is 0 Å². The summed E-state index contributed by atoms with van der Waals surface area (Å²) in [5.41, 5.74) is 0.291. The Labute approximate surface area is 169 Å². The van der Waals surface area contributed by atoms with E-state index in [1.54, 1.807) is 12.1 Å². The molecule has 1 aliphatic carbocycles. The van der Waals surface area contributed by atoms with Crippen LogP contribution < -0.4 is 15.0 Å². The molecular weight excluding hydrogens is 372 g/mol. The number of rotatable bonds is 8. The molecule has 1 aromatic carbocycles. The van der Waals surface area contributed by atoms with Gasteiger partial charge in [0.2, 0.25) is 5.82 Å². The molecule has 1 aromatic heterocycles. The average molecular weight is 398 g/mol. The number of benzene rings is 1. The zero-order valence-corrected chi connectivity index (χ0v) is 16.7. The Morgan fingerprint density at radius 2 is 2.03 bits per heavy atom. The summed E-state index contributed by atoms with van der Waals surface area (Å²) in [6, 6.07) is 8.19. The van der Waals surface area contributed by atoms with Crippen molar-refractivity contribution in [3.05, 3.63) is 48.0 Å². The summed E-state index contributed by atoms with van der Waals surface area (Å²) in [5, 5.41) is 13.3. The quantitative estimate of drug-likeness (QED) is 0.652. The van der Waals surface area contributed by atoms with Crippen LogP contribution in [0.1, 0.15) is 42.0 Å². The predicted molar refractivity (Wildman–Crippen MR) is 108 cm³/mol. The van der Waals surface area contributed by atoms with Gasteiger partial charge in [-0.25, -0.2) is 9.97 Å². The van der Waals surface area contributed by atoms with Crippen LogP contribution in [0.5, 0.6) is 5.75 Å². The third kappa shape index (κ3) is 4.89. The maximum absolute atomic E-state index is 12.5. The van der Waals surface area contributed by atoms with Gasteiger partial charge < -0.3 is 24.9 Å². The molecule has 0 aliphatic heterocycles. The van der Waals surface area contributed by atoms with Crippen LogP contribution in [0.3, 0.4) is 0 Å². The van der Waals surface area contributed by atoms with E-state index in [9.17, 15) is 14.7 Å². The second-order valence-electron chi connectivity index (χ2n) is 7.39. The highest BCUT2D eigenvalue weighted by molar-refractivity contribution is 5.92. The van der Waals surface area contributed by atoms with E-state index >= 15 is 0 Å². The Morgan fingerprint density at radius 1 is 1.31 bits per heavy atom. The van der Waals surface area contributed by atoms with Crippen molar-refractivity contribution >= 4 is 17.9 Å². The van der Waals surface area contributed by atoms with E-state index in [2.05, 4.69) is 15.3 Å². The number of carbonyl (C=O) groups excluding carboxylic acids is 2. The Morgan fingerprint density at radius 3 is 2.72 bits per heavy atom. The molecular formula is C21H26N4O4. The summed E-state index contributed by atoms with van der Waals surface area (Å²) >= 11 is 0. The van der Waals surface area contributed by atoms with Gasteiger partial charge in [0, 0.05) is 20.3 Å². The van der Waals surface area contributed by atoms with Crippen molar-refractivity contribution in [1.29, 1.82) is 0 Å². The van der Waals surface area contributed by atoms with Crippen LogP contribution in [-0.2, 0) is 10.4 Å². The third-order valence-electron chi connectivity index (χ3n) is 5.01. The molecule has 1 atom stereocenters. The molecule has 0 bridgehead atoms. The largest absolute Gasteiger partial charge is 0.489 e. The van der Waals surface area contributed by atoms with Crippen molar-refractivity contribution in [2.24, 2.45) is 0 Å². The lowest BCUT2D eigenvalue weighted by atomic mass is 9.98. The van der Waals surface area contributed by atoms with E-state index in [1.165, 1.54) is 6.20 Å². The SMILES string of the molecule is CN(C)c1ccccc1OC[C@@H](C=O)NC(=O)c1nccc(C2(O)CCCC2)n1. The molecule has 154 valence electrons. The fourth-order valence-electron chi connectivity index (χ4n) is 3.42. The topological polar surface area (TPSA) is 105 Å². The van der Waals surface area contributed by atoms with Gasteiger partial charge in [-0.15, -0.1) is 0 Å². The molecule has 0 spiro atoms. The van der Waals surface area contributed by atoms with Crippen molar-refractivity contribution in [2.45, 2.75) is 37.3 Å². The van der Waals surface area contributed by atoms with Crippen LogP contribution in [0.15, 0.2) is 36.5 Å². The van der Waals surface area contributed by atoms with Gasteiger partial charge >= 0.3 is 0 Å². The first-order valence-electron chi connectivity index (χ1n) is 9.64.